The van der Waals surface area contributed by atoms with Crippen LogP contribution in [0.15, 0.2) is 54.6 Å². The van der Waals surface area contributed by atoms with E-state index in [0.29, 0.717) is 0 Å². The minimum absolute atomic E-state index is 0. The maximum absolute atomic E-state index is 6.15. The molecule has 0 spiro atoms. The highest BCUT2D eigenvalue weighted by molar-refractivity contribution is 6.02. The Kier molecular flexibility index (Phi) is 3.55. The van der Waals surface area contributed by atoms with E-state index in [2.05, 4.69) is 54.6 Å². The Labute approximate surface area is 113 Å². The van der Waals surface area contributed by atoms with Crippen LogP contribution >= 0.6 is 12.4 Å². The van der Waals surface area contributed by atoms with Gasteiger partial charge >= 0.3 is 0 Å². The lowest BCUT2D eigenvalue weighted by Crippen LogP contribution is -2.06. The Morgan fingerprint density at radius 3 is 1.72 bits per heavy atom. The molecule has 1 nitrogen and oxygen atoms in total. The van der Waals surface area contributed by atoms with Crippen molar-refractivity contribution in [3.05, 3.63) is 60.2 Å². The average molecular weight is 258 g/mol. The first-order valence-electron chi connectivity index (χ1n) is 5.93. The zero-order valence-corrected chi connectivity index (χ0v) is 11.1. The average Bonchev–Trinajstić information content (AvgIpc) is 2.35. The third kappa shape index (κ3) is 1.96. The fraction of sp³-hybridized carbons (Fsp3) is 0.125. The lowest BCUT2D eigenvalue weighted by Gasteiger charge is -2.14. The highest BCUT2D eigenvalue weighted by Crippen LogP contribution is 2.31. The summed E-state index contributed by atoms with van der Waals surface area (Å²) in [4.78, 5) is 0. The summed E-state index contributed by atoms with van der Waals surface area (Å²) >= 11 is 0. The van der Waals surface area contributed by atoms with Crippen molar-refractivity contribution in [1.82, 2.24) is 0 Å². The van der Waals surface area contributed by atoms with E-state index < -0.39 is 0 Å². The second kappa shape index (κ2) is 4.97. The van der Waals surface area contributed by atoms with E-state index >= 15 is 0 Å². The van der Waals surface area contributed by atoms with Gasteiger partial charge in [-0.15, -0.1) is 12.4 Å². The molecule has 0 aliphatic heterocycles. The van der Waals surface area contributed by atoms with E-state index in [-0.39, 0.29) is 18.4 Å². The van der Waals surface area contributed by atoms with Crippen LogP contribution in [0.5, 0.6) is 0 Å². The van der Waals surface area contributed by atoms with E-state index in [1.807, 2.05) is 6.92 Å². The first-order valence-corrected chi connectivity index (χ1v) is 5.93. The standard InChI is InChI=1S/C16H15N.ClH/c1-11(17)16-14-8-4-2-6-12(14)10-13-7-3-5-9-15(13)16;/h2-11H,17H2,1H3;1H. The van der Waals surface area contributed by atoms with Crippen LogP contribution in [-0.2, 0) is 0 Å². The molecule has 1 atom stereocenters. The predicted molar refractivity (Wildman–Crippen MR) is 81.3 cm³/mol. The highest BCUT2D eigenvalue weighted by atomic mass is 35.5. The quantitative estimate of drug-likeness (QED) is 0.641. The van der Waals surface area contributed by atoms with Gasteiger partial charge in [0.05, 0.1) is 0 Å². The first kappa shape index (κ1) is 12.9. The third-order valence-corrected chi connectivity index (χ3v) is 3.27. The molecule has 1 unspecified atom stereocenters. The lowest BCUT2D eigenvalue weighted by molar-refractivity contribution is 0.834. The van der Waals surface area contributed by atoms with Crippen molar-refractivity contribution in [3.63, 3.8) is 0 Å². The van der Waals surface area contributed by atoms with Crippen molar-refractivity contribution in [2.75, 3.05) is 0 Å². The molecule has 0 aliphatic rings. The molecule has 2 N–H and O–H groups in total. The third-order valence-electron chi connectivity index (χ3n) is 3.27. The van der Waals surface area contributed by atoms with Crippen LogP contribution in [0.1, 0.15) is 18.5 Å². The fourth-order valence-corrected chi connectivity index (χ4v) is 2.54. The number of nitrogens with two attached hydrogens (primary N) is 1. The zero-order chi connectivity index (χ0) is 11.8. The van der Waals surface area contributed by atoms with Crippen LogP contribution in [0.3, 0.4) is 0 Å². The molecule has 0 fully saturated rings. The smallest absolute Gasteiger partial charge is 0.0278 e. The van der Waals surface area contributed by atoms with Crippen molar-refractivity contribution in [3.8, 4) is 0 Å². The molecule has 3 aromatic carbocycles. The van der Waals surface area contributed by atoms with Crippen molar-refractivity contribution < 1.29 is 0 Å². The topological polar surface area (TPSA) is 26.0 Å². The molecule has 0 bridgehead atoms. The number of rotatable bonds is 1. The van der Waals surface area contributed by atoms with Gasteiger partial charge in [0.15, 0.2) is 0 Å². The Hall–Kier alpha value is -1.57. The Balaban J connectivity index is 0.00000120. The molecule has 3 aromatic rings. The van der Waals surface area contributed by atoms with Crippen molar-refractivity contribution in [2.45, 2.75) is 13.0 Å². The van der Waals surface area contributed by atoms with E-state index in [1.165, 1.54) is 27.1 Å². The number of benzene rings is 3. The molecule has 0 saturated carbocycles. The lowest BCUT2D eigenvalue weighted by atomic mass is 9.93. The minimum atomic E-state index is 0. The van der Waals surface area contributed by atoms with E-state index in [0.717, 1.165) is 0 Å². The van der Waals surface area contributed by atoms with Gasteiger partial charge in [-0.1, -0.05) is 48.5 Å². The van der Waals surface area contributed by atoms with Crippen LogP contribution in [-0.4, -0.2) is 0 Å². The molecule has 18 heavy (non-hydrogen) atoms. The van der Waals surface area contributed by atoms with Crippen LogP contribution in [0, 0.1) is 0 Å². The van der Waals surface area contributed by atoms with Crippen molar-refractivity contribution in [2.24, 2.45) is 5.73 Å². The number of hydrogen-bond donors (Lipinski definition) is 1. The Morgan fingerprint density at radius 1 is 0.833 bits per heavy atom. The van der Waals surface area contributed by atoms with Crippen molar-refractivity contribution in [1.29, 1.82) is 0 Å². The first-order chi connectivity index (χ1) is 8.27. The van der Waals surface area contributed by atoms with Crippen LogP contribution in [0.25, 0.3) is 21.5 Å². The summed E-state index contributed by atoms with van der Waals surface area (Å²) < 4.78 is 0. The van der Waals surface area contributed by atoms with E-state index in [9.17, 15) is 0 Å². The SMILES string of the molecule is CC(N)c1c2ccccc2cc2ccccc12.Cl. The van der Waals surface area contributed by atoms with Gasteiger partial charge in [0.25, 0.3) is 0 Å². The molecule has 0 saturated heterocycles. The molecular weight excluding hydrogens is 242 g/mol. The Bertz CT molecular complexity index is 635. The summed E-state index contributed by atoms with van der Waals surface area (Å²) in [7, 11) is 0. The van der Waals surface area contributed by atoms with Crippen LogP contribution < -0.4 is 5.73 Å². The summed E-state index contributed by atoms with van der Waals surface area (Å²) in [5, 5.41) is 5.06. The summed E-state index contributed by atoms with van der Waals surface area (Å²) in [5.41, 5.74) is 7.39. The van der Waals surface area contributed by atoms with E-state index in [1.54, 1.807) is 0 Å². The second-order valence-electron chi connectivity index (χ2n) is 4.52. The molecular formula is C16H16ClN. The molecule has 2 heteroatoms. The van der Waals surface area contributed by atoms with Gasteiger partial charge in [-0.25, -0.2) is 0 Å². The molecule has 3 rings (SSSR count). The van der Waals surface area contributed by atoms with Gasteiger partial charge in [-0.2, -0.15) is 0 Å². The number of fused-ring (bicyclic) bond motifs is 2. The van der Waals surface area contributed by atoms with Gasteiger partial charge in [-0.05, 0) is 40.1 Å². The fourth-order valence-electron chi connectivity index (χ4n) is 2.54. The van der Waals surface area contributed by atoms with Gasteiger partial charge < -0.3 is 5.73 Å². The summed E-state index contributed by atoms with van der Waals surface area (Å²) in [6.45, 7) is 2.05. The largest absolute Gasteiger partial charge is 0.324 e. The molecule has 0 aromatic heterocycles. The molecule has 92 valence electrons. The molecule has 0 amide bonds. The van der Waals surface area contributed by atoms with Gasteiger partial charge in [0.1, 0.15) is 0 Å². The van der Waals surface area contributed by atoms with Crippen molar-refractivity contribution >= 4 is 34.0 Å². The molecule has 0 aliphatic carbocycles. The van der Waals surface area contributed by atoms with Crippen LogP contribution in [0.4, 0.5) is 0 Å². The van der Waals surface area contributed by atoms with Gasteiger partial charge in [0.2, 0.25) is 0 Å². The minimum Gasteiger partial charge on any atom is -0.324 e. The summed E-state index contributed by atoms with van der Waals surface area (Å²) in [6, 6.07) is 19.2. The monoisotopic (exact) mass is 257 g/mol. The maximum atomic E-state index is 6.15. The second-order valence-corrected chi connectivity index (χ2v) is 4.52. The van der Waals surface area contributed by atoms with Crippen LogP contribution in [0.2, 0.25) is 0 Å². The predicted octanol–water partition coefficient (Wildman–Crippen LogP) is 4.43. The van der Waals surface area contributed by atoms with Gasteiger partial charge in [0, 0.05) is 6.04 Å². The normalized spacial score (nSPS) is 12.3. The maximum Gasteiger partial charge on any atom is 0.0278 e. The van der Waals surface area contributed by atoms with E-state index in [4.69, 9.17) is 5.73 Å². The number of hydrogen-bond acceptors (Lipinski definition) is 1. The zero-order valence-electron chi connectivity index (χ0n) is 10.3. The highest BCUT2D eigenvalue weighted by Gasteiger charge is 2.09. The molecule has 0 radical (unpaired) electrons. The summed E-state index contributed by atoms with van der Waals surface area (Å²) in [6.07, 6.45) is 0. The van der Waals surface area contributed by atoms with Gasteiger partial charge in [-0.3, -0.25) is 0 Å². The summed E-state index contributed by atoms with van der Waals surface area (Å²) in [5.74, 6) is 0. The Morgan fingerprint density at radius 2 is 1.28 bits per heavy atom. The number of halogens is 1. The molecule has 0 heterocycles.